The predicted octanol–water partition coefficient (Wildman–Crippen LogP) is 1.11. The molecule has 0 aliphatic rings. The van der Waals surface area contributed by atoms with Crippen LogP contribution < -0.4 is 11.1 Å². The number of hydrogen-bond acceptors (Lipinski definition) is 2. The highest BCUT2D eigenvalue weighted by Crippen LogP contribution is 2.02. The minimum atomic E-state index is 0.324. The van der Waals surface area contributed by atoms with Gasteiger partial charge in [-0.1, -0.05) is 20.3 Å². The topological polar surface area (TPSA) is 38.0 Å². The first kappa shape index (κ1) is 9.92. The van der Waals surface area contributed by atoms with Gasteiger partial charge in [-0.05, 0) is 19.9 Å². The van der Waals surface area contributed by atoms with Crippen LogP contribution in [-0.4, -0.2) is 19.1 Å². The lowest BCUT2D eigenvalue weighted by atomic mass is 10.0. The first-order chi connectivity index (χ1) is 4.76. The Kier molecular flexibility index (Phi) is 5.64. The number of nitrogens with one attached hydrogen (secondary N) is 1. The van der Waals surface area contributed by atoms with E-state index in [1.54, 1.807) is 0 Å². The summed E-state index contributed by atoms with van der Waals surface area (Å²) in [6.07, 6.45) is 3.45. The zero-order valence-corrected chi connectivity index (χ0v) is 7.35. The first-order valence-corrected chi connectivity index (χ1v) is 4.19. The zero-order chi connectivity index (χ0) is 7.98. The highest BCUT2D eigenvalue weighted by Gasteiger charge is 2.11. The van der Waals surface area contributed by atoms with E-state index >= 15 is 0 Å². The Labute approximate surface area is 64.2 Å². The van der Waals surface area contributed by atoms with Crippen LogP contribution in [0.3, 0.4) is 0 Å². The third-order valence-corrected chi connectivity index (χ3v) is 1.96. The molecule has 0 heterocycles. The maximum absolute atomic E-state index is 5.85. The van der Waals surface area contributed by atoms with Crippen molar-refractivity contribution in [1.82, 2.24) is 5.32 Å². The molecule has 0 saturated carbocycles. The molecule has 0 aromatic carbocycles. The predicted molar refractivity (Wildman–Crippen MR) is 46.0 cm³/mol. The second-order valence-corrected chi connectivity index (χ2v) is 2.76. The molecule has 0 aliphatic carbocycles. The molecule has 0 aliphatic heterocycles. The molecule has 0 saturated heterocycles. The Morgan fingerprint density at radius 2 is 2.00 bits per heavy atom. The highest BCUT2D eigenvalue weighted by atomic mass is 14.9. The van der Waals surface area contributed by atoms with Crippen molar-refractivity contribution in [2.45, 2.75) is 45.2 Å². The molecule has 0 aromatic rings. The van der Waals surface area contributed by atoms with Gasteiger partial charge in [-0.15, -0.1) is 0 Å². The average molecular weight is 144 g/mol. The van der Waals surface area contributed by atoms with E-state index in [2.05, 4.69) is 19.2 Å². The van der Waals surface area contributed by atoms with Gasteiger partial charge < -0.3 is 11.1 Å². The van der Waals surface area contributed by atoms with Crippen LogP contribution in [0.5, 0.6) is 0 Å². The molecule has 0 rings (SSSR count). The first-order valence-electron chi connectivity index (χ1n) is 4.19. The van der Waals surface area contributed by atoms with Crippen molar-refractivity contribution in [3.8, 4) is 0 Å². The Hall–Kier alpha value is -0.0800. The molecule has 0 bridgehead atoms. The summed E-state index contributed by atoms with van der Waals surface area (Å²) in [4.78, 5) is 0. The van der Waals surface area contributed by atoms with Crippen molar-refractivity contribution < 1.29 is 0 Å². The van der Waals surface area contributed by atoms with Crippen LogP contribution in [0.2, 0.25) is 0 Å². The van der Waals surface area contributed by atoms with Crippen molar-refractivity contribution >= 4 is 0 Å². The third kappa shape index (κ3) is 3.18. The van der Waals surface area contributed by atoms with E-state index in [0.29, 0.717) is 12.1 Å². The van der Waals surface area contributed by atoms with Crippen molar-refractivity contribution in [2.75, 3.05) is 7.05 Å². The van der Waals surface area contributed by atoms with E-state index in [4.69, 9.17) is 5.73 Å². The van der Waals surface area contributed by atoms with Crippen LogP contribution in [0, 0.1) is 0 Å². The van der Waals surface area contributed by atoms with Gasteiger partial charge in [0.1, 0.15) is 0 Å². The van der Waals surface area contributed by atoms with E-state index in [9.17, 15) is 0 Å². The molecule has 0 aromatic heterocycles. The van der Waals surface area contributed by atoms with Gasteiger partial charge in [0.25, 0.3) is 0 Å². The number of hydrogen-bond donors (Lipinski definition) is 2. The summed E-state index contributed by atoms with van der Waals surface area (Å²) in [5.41, 5.74) is 5.85. The van der Waals surface area contributed by atoms with Gasteiger partial charge in [-0.3, -0.25) is 0 Å². The van der Waals surface area contributed by atoms with Gasteiger partial charge in [0, 0.05) is 12.1 Å². The fourth-order valence-electron chi connectivity index (χ4n) is 1.17. The Morgan fingerprint density at radius 1 is 1.40 bits per heavy atom. The van der Waals surface area contributed by atoms with Crippen molar-refractivity contribution in [3.05, 3.63) is 0 Å². The minimum Gasteiger partial charge on any atom is -0.326 e. The lowest BCUT2D eigenvalue weighted by Gasteiger charge is -2.21. The van der Waals surface area contributed by atoms with Crippen LogP contribution in [0.1, 0.15) is 33.1 Å². The van der Waals surface area contributed by atoms with Gasteiger partial charge in [-0.25, -0.2) is 0 Å². The Balaban J connectivity index is 3.56. The molecule has 0 fully saturated rings. The van der Waals surface area contributed by atoms with Crippen LogP contribution in [0.4, 0.5) is 0 Å². The molecule has 2 unspecified atom stereocenters. The molecule has 2 atom stereocenters. The molecular weight excluding hydrogens is 124 g/mol. The number of likely N-dealkylation sites (N-methyl/N-ethyl adjacent to an activating group) is 1. The second kappa shape index (κ2) is 5.69. The molecule has 3 N–H and O–H groups in total. The number of rotatable bonds is 5. The molecule has 0 radical (unpaired) electrons. The summed E-state index contributed by atoms with van der Waals surface area (Å²) in [5.74, 6) is 0. The summed E-state index contributed by atoms with van der Waals surface area (Å²) in [7, 11) is 1.98. The molecule has 62 valence electrons. The van der Waals surface area contributed by atoms with Gasteiger partial charge in [0.15, 0.2) is 0 Å². The SMILES string of the molecule is CCCC(NC)C(N)CC. The smallest absolute Gasteiger partial charge is 0.0215 e. The standard InChI is InChI=1S/C8H20N2/c1-4-6-8(10-3)7(9)5-2/h7-8,10H,4-6,9H2,1-3H3. The lowest BCUT2D eigenvalue weighted by molar-refractivity contribution is 0.420. The summed E-state index contributed by atoms with van der Waals surface area (Å²) in [6, 6.07) is 0.833. The van der Waals surface area contributed by atoms with E-state index in [1.807, 2.05) is 7.05 Å². The summed E-state index contributed by atoms with van der Waals surface area (Å²) in [5, 5.41) is 3.23. The second-order valence-electron chi connectivity index (χ2n) is 2.76. The van der Waals surface area contributed by atoms with Gasteiger partial charge in [0.05, 0.1) is 0 Å². The van der Waals surface area contributed by atoms with Gasteiger partial charge >= 0.3 is 0 Å². The fourth-order valence-corrected chi connectivity index (χ4v) is 1.17. The van der Waals surface area contributed by atoms with E-state index < -0.39 is 0 Å². The zero-order valence-electron chi connectivity index (χ0n) is 7.35. The van der Waals surface area contributed by atoms with Crippen LogP contribution in [-0.2, 0) is 0 Å². The Morgan fingerprint density at radius 3 is 2.30 bits per heavy atom. The van der Waals surface area contributed by atoms with Gasteiger partial charge in [-0.2, -0.15) is 0 Å². The van der Waals surface area contributed by atoms with Crippen molar-refractivity contribution in [1.29, 1.82) is 0 Å². The lowest BCUT2D eigenvalue weighted by Crippen LogP contribution is -2.42. The average Bonchev–Trinajstić information content (AvgIpc) is 1.99. The normalized spacial score (nSPS) is 16.8. The van der Waals surface area contributed by atoms with Crippen LogP contribution in [0.15, 0.2) is 0 Å². The molecule has 2 nitrogen and oxygen atoms in total. The van der Waals surface area contributed by atoms with Crippen molar-refractivity contribution in [2.24, 2.45) is 5.73 Å². The maximum atomic E-state index is 5.85. The molecule has 2 heteroatoms. The monoisotopic (exact) mass is 144 g/mol. The minimum absolute atomic E-state index is 0.324. The van der Waals surface area contributed by atoms with E-state index in [1.165, 1.54) is 12.8 Å². The van der Waals surface area contributed by atoms with Gasteiger partial charge in [0.2, 0.25) is 0 Å². The van der Waals surface area contributed by atoms with Crippen LogP contribution >= 0.6 is 0 Å². The highest BCUT2D eigenvalue weighted by molar-refractivity contribution is 4.75. The summed E-state index contributed by atoms with van der Waals surface area (Å²) in [6.45, 7) is 4.32. The molecule has 0 spiro atoms. The molecule has 0 amide bonds. The maximum Gasteiger partial charge on any atom is 0.0215 e. The summed E-state index contributed by atoms with van der Waals surface area (Å²) >= 11 is 0. The fraction of sp³-hybridized carbons (Fsp3) is 1.00. The molecule has 10 heavy (non-hydrogen) atoms. The number of nitrogens with two attached hydrogens (primary N) is 1. The third-order valence-electron chi connectivity index (χ3n) is 1.96. The largest absolute Gasteiger partial charge is 0.326 e. The Bertz CT molecular complexity index is 73.7. The molecular formula is C8H20N2. The summed E-state index contributed by atoms with van der Waals surface area (Å²) < 4.78 is 0. The van der Waals surface area contributed by atoms with E-state index in [-0.39, 0.29) is 0 Å². The quantitative estimate of drug-likeness (QED) is 0.606. The van der Waals surface area contributed by atoms with E-state index in [0.717, 1.165) is 6.42 Å². The van der Waals surface area contributed by atoms with Crippen molar-refractivity contribution in [3.63, 3.8) is 0 Å². The van der Waals surface area contributed by atoms with Crippen LogP contribution in [0.25, 0.3) is 0 Å².